The van der Waals surface area contributed by atoms with Gasteiger partial charge in [0, 0.05) is 0 Å². The van der Waals surface area contributed by atoms with Crippen LogP contribution >= 0.6 is 12.4 Å². The summed E-state index contributed by atoms with van der Waals surface area (Å²) in [5.41, 5.74) is 1.21. The van der Waals surface area contributed by atoms with Gasteiger partial charge in [-0.1, -0.05) is 75.3 Å². The molecule has 2 N–H and O–H groups in total. The Balaban J connectivity index is 0.00000264. The first-order valence-electron chi connectivity index (χ1n) is 8.68. The summed E-state index contributed by atoms with van der Waals surface area (Å²) >= 11 is 0. The zero-order valence-corrected chi connectivity index (χ0v) is 15.8. The van der Waals surface area contributed by atoms with E-state index >= 15 is 0 Å². The third-order valence-corrected chi connectivity index (χ3v) is 4.70. The van der Waals surface area contributed by atoms with Crippen LogP contribution in [-0.2, 0) is 10.3 Å². The summed E-state index contributed by atoms with van der Waals surface area (Å²) < 4.78 is 6.31. The normalized spacial score (nSPS) is 15.6. The van der Waals surface area contributed by atoms with Gasteiger partial charge in [0.2, 0.25) is 0 Å². The minimum Gasteiger partial charge on any atom is -0.412 e. The van der Waals surface area contributed by atoms with E-state index in [2.05, 4.69) is 60.9 Å². The van der Waals surface area contributed by atoms with Gasteiger partial charge in [0.05, 0.1) is 12.1 Å². The molecule has 0 amide bonds. The fourth-order valence-electron chi connectivity index (χ4n) is 3.22. The first kappa shape index (κ1) is 22.9. The van der Waals surface area contributed by atoms with Crippen LogP contribution in [0.5, 0.6) is 0 Å². The van der Waals surface area contributed by atoms with Gasteiger partial charge >= 0.3 is 0 Å². The lowest BCUT2D eigenvalue weighted by atomic mass is 9.79. The maximum atomic E-state index is 6.31. The van der Waals surface area contributed by atoms with Gasteiger partial charge in [-0.25, -0.2) is 0 Å². The van der Waals surface area contributed by atoms with E-state index in [1.54, 1.807) is 0 Å². The second-order valence-corrected chi connectivity index (χ2v) is 6.02. The van der Waals surface area contributed by atoms with Crippen LogP contribution in [0.3, 0.4) is 0 Å². The summed E-state index contributed by atoms with van der Waals surface area (Å²) in [6.45, 7) is 7.84. The smallest absolute Gasteiger partial charge is 0.108 e. The molecule has 136 valence electrons. The molecule has 1 aliphatic rings. The second-order valence-electron chi connectivity index (χ2n) is 6.02. The maximum absolute atomic E-state index is 6.31. The van der Waals surface area contributed by atoms with Gasteiger partial charge in [0.25, 0.3) is 0 Å². The molecule has 1 aliphatic carbocycles. The number of hydrogen-bond donors (Lipinski definition) is 0. The molecule has 0 heterocycles. The number of nitrogens with zero attached hydrogens (tertiary/aromatic N) is 1. The van der Waals surface area contributed by atoms with Crippen LogP contribution in [0, 0.1) is 11.8 Å². The Bertz CT molecular complexity index is 485. The lowest BCUT2D eigenvalue weighted by Crippen LogP contribution is -2.32. The average Bonchev–Trinajstić information content (AvgIpc) is 2.60. The summed E-state index contributed by atoms with van der Waals surface area (Å²) in [7, 11) is 0. The SMILES string of the molecule is CCN(CC)CC#CCOC1(c2ccccc2)CCCCC1.Cl.O. The summed E-state index contributed by atoms with van der Waals surface area (Å²) in [5, 5.41) is 0. The third-order valence-electron chi connectivity index (χ3n) is 4.70. The molecule has 1 saturated carbocycles. The fourth-order valence-corrected chi connectivity index (χ4v) is 3.22. The molecule has 0 aliphatic heterocycles. The van der Waals surface area contributed by atoms with Gasteiger partial charge in [-0.05, 0) is 31.5 Å². The first-order valence-corrected chi connectivity index (χ1v) is 8.68. The summed E-state index contributed by atoms with van der Waals surface area (Å²) in [4.78, 5) is 2.32. The van der Waals surface area contributed by atoms with Gasteiger partial charge in [-0.15, -0.1) is 12.4 Å². The summed E-state index contributed by atoms with van der Waals surface area (Å²) in [6.07, 6.45) is 6.07. The highest BCUT2D eigenvalue weighted by Gasteiger charge is 2.34. The Morgan fingerprint density at radius 3 is 2.21 bits per heavy atom. The Labute approximate surface area is 153 Å². The van der Waals surface area contributed by atoms with Crippen LogP contribution in [0.15, 0.2) is 30.3 Å². The topological polar surface area (TPSA) is 44.0 Å². The van der Waals surface area contributed by atoms with Gasteiger partial charge in [0.1, 0.15) is 6.61 Å². The zero-order chi connectivity index (χ0) is 15.7. The molecule has 0 spiro atoms. The first-order chi connectivity index (χ1) is 10.8. The van der Waals surface area contributed by atoms with E-state index in [4.69, 9.17) is 4.74 Å². The molecule has 3 nitrogen and oxygen atoms in total. The van der Waals surface area contributed by atoms with Crippen LogP contribution in [-0.4, -0.2) is 36.6 Å². The van der Waals surface area contributed by atoms with Crippen molar-refractivity contribution < 1.29 is 10.2 Å². The lowest BCUT2D eigenvalue weighted by Gasteiger charge is -2.37. The molecule has 0 saturated heterocycles. The van der Waals surface area contributed by atoms with Crippen molar-refractivity contribution >= 4 is 12.4 Å². The second kappa shape index (κ2) is 12.3. The minimum absolute atomic E-state index is 0. The highest BCUT2D eigenvalue weighted by atomic mass is 35.5. The zero-order valence-electron chi connectivity index (χ0n) is 15.0. The van der Waals surface area contributed by atoms with Crippen molar-refractivity contribution in [2.24, 2.45) is 0 Å². The Kier molecular flexibility index (Phi) is 11.8. The molecule has 0 aromatic heterocycles. The number of halogens is 1. The van der Waals surface area contributed by atoms with E-state index < -0.39 is 0 Å². The van der Waals surface area contributed by atoms with Crippen LogP contribution in [0.1, 0.15) is 51.5 Å². The standard InChI is InChI=1S/C20H29NO.ClH.H2O/c1-3-21(4-2)17-11-12-18-22-20(15-9-6-10-16-20)19-13-7-5-8-14-19;;/h5,7-8,13-14H,3-4,6,9-10,15-18H2,1-2H3;1H;1H2. The van der Waals surface area contributed by atoms with Crippen molar-refractivity contribution in [3.05, 3.63) is 35.9 Å². The molecule has 4 heteroatoms. The lowest BCUT2D eigenvalue weighted by molar-refractivity contribution is -0.0609. The van der Waals surface area contributed by atoms with Gasteiger partial charge in [-0.2, -0.15) is 0 Å². The highest BCUT2D eigenvalue weighted by Crippen LogP contribution is 2.40. The van der Waals surface area contributed by atoms with Gasteiger partial charge in [-0.3, -0.25) is 4.90 Å². The monoisotopic (exact) mass is 353 g/mol. The number of rotatable bonds is 6. The van der Waals surface area contributed by atoms with Crippen LogP contribution < -0.4 is 0 Å². The molecule has 1 aromatic carbocycles. The predicted octanol–water partition coefficient (Wildman–Crippen LogP) is 3.80. The Morgan fingerprint density at radius 2 is 1.62 bits per heavy atom. The summed E-state index contributed by atoms with van der Waals surface area (Å²) in [5.74, 6) is 6.46. The minimum atomic E-state index is -0.108. The molecule has 2 rings (SSSR count). The average molecular weight is 354 g/mol. The Morgan fingerprint density at radius 1 is 1.00 bits per heavy atom. The van der Waals surface area contributed by atoms with Gasteiger partial charge in [0.15, 0.2) is 0 Å². The van der Waals surface area contributed by atoms with Crippen molar-refractivity contribution in [3.8, 4) is 11.8 Å². The van der Waals surface area contributed by atoms with Crippen molar-refractivity contribution in [1.29, 1.82) is 0 Å². The largest absolute Gasteiger partial charge is 0.412 e. The van der Waals surface area contributed by atoms with Gasteiger partial charge < -0.3 is 10.2 Å². The van der Waals surface area contributed by atoms with Crippen molar-refractivity contribution in [3.63, 3.8) is 0 Å². The maximum Gasteiger partial charge on any atom is 0.108 e. The number of hydrogen-bond acceptors (Lipinski definition) is 2. The van der Waals surface area contributed by atoms with E-state index in [9.17, 15) is 0 Å². The molecule has 1 fully saturated rings. The van der Waals surface area contributed by atoms with Crippen molar-refractivity contribution in [2.75, 3.05) is 26.2 Å². The molecule has 0 unspecified atom stereocenters. The van der Waals surface area contributed by atoms with Crippen LogP contribution in [0.2, 0.25) is 0 Å². The number of benzene rings is 1. The Hall–Kier alpha value is -1.05. The molecule has 0 atom stereocenters. The van der Waals surface area contributed by atoms with Crippen molar-refractivity contribution in [1.82, 2.24) is 4.90 Å². The molecule has 24 heavy (non-hydrogen) atoms. The van der Waals surface area contributed by atoms with Crippen LogP contribution in [0.25, 0.3) is 0 Å². The van der Waals surface area contributed by atoms with E-state index in [0.717, 1.165) is 32.5 Å². The van der Waals surface area contributed by atoms with Crippen LogP contribution in [0.4, 0.5) is 0 Å². The summed E-state index contributed by atoms with van der Waals surface area (Å²) in [6, 6.07) is 10.7. The van der Waals surface area contributed by atoms with Crippen molar-refractivity contribution in [2.45, 2.75) is 51.6 Å². The third kappa shape index (κ3) is 6.45. The molecule has 0 radical (unpaired) electrons. The fraction of sp³-hybridized carbons (Fsp3) is 0.600. The van der Waals surface area contributed by atoms with E-state index in [1.165, 1.54) is 24.8 Å². The molecular formula is C20H32ClNO2. The highest BCUT2D eigenvalue weighted by molar-refractivity contribution is 5.85. The quantitative estimate of drug-likeness (QED) is 0.730. The van der Waals surface area contributed by atoms with E-state index in [0.29, 0.717) is 6.61 Å². The predicted molar refractivity (Wildman–Crippen MR) is 104 cm³/mol. The van der Waals surface area contributed by atoms with E-state index in [-0.39, 0.29) is 23.5 Å². The number of ether oxygens (including phenoxy) is 1. The molecule has 0 bridgehead atoms. The molecule has 1 aromatic rings. The van der Waals surface area contributed by atoms with E-state index in [1.807, 2.05) is 0 Å². The molecular weight excluding hydrogens is 322 g/mol.